The van der Waals surface area contributed by atoms with Crippen LogP contribution < -0.4 is 18.9 Å². The van der Waals surface area contributed by atoms with Gasteiger partial charge >= 0.3 is 0 Å². The molecule has 0 bridgehead atoms. The van der Waals surface area contributed by atoms with Gasteiger partial charge in [0, 0.05) is 0 Å². The second-order valence-electron chi connectivity index (χ2n) is 11.4. The van der Waals surface area contributed by atoms with Crippen molar-refractivity contribution >= 4 is 15.8 Å². The first-order chi connectivity index (χ1) is 20.3. The molecule has 2 aromatic carbocycles. The summed E-state index contributed by atoms with van der Waals surface area (Å²) in [6.07, 6.45) is 2.51. The maximum atomic E-state index is 13.7. The summed E-state index contributed by atoms with van der Waals surface area (Å²) in [5, 5.41) is 0. The molecule has 1 unspecified atom stereocenters. The van der Waals surface area contributed by atoms with E-state index in [4.69, 9.17) is 28.1 Å². The highest BCUT2D eigenvalue weighted by Gasteiger charge is 2.34. The van der Waals surface area contributed by atoms with Gasteiger partial charge in [0.15, 0.2) is 28.9 Å². The molecule has 11 nitrogen and oxygen atoms in total. The predicted molar refractivity (Wildman–Crippen MR) is 159 cm³/mol. The third-order valence-corrected chi connectivity index (χ3v) is 7.98. The summed E-state index contributed by atoms with van der Waals surface area (Å²) in [7, 11) is -2.63. The van der Waals surface area contributed by atoms with Gasteiger partial charge in [0.1, 0.15) is 19.0 Å². The van der Waals surface area contributed by atoms with Crippen molar-refractivity contribution in [2.75, 3.05) is 25.0 Å². The summed E-state index contributed by atoms with van der Waals surface area (Å²) in [5.41, 5.74) is 1.35. The first-order valence-corrected chi connectivity index (χ1v) is 15.2. The summed E-state index contributed by atoms with van der Waals surface area (Å²) < 4.78 is 64.6. The molecule has 5 rings (SSSR count). The van der Waals surface area contributed by atoms with Gasteiger partial charge in [0.05, 0.1) is 30.4 Å². The average Bonchev–Trinajstić information content (AvgIpc) is 3.62. The fourth-order valence-electron chi connectivity index (χ4n) is 4.36. The van der Waals surface area contributed by atoms with Gasteiger partial charge in [-0.1, -0.05) is 45.0 Å². The summed E-state index contributed by atoms with van der Waals surface area (Å²) in [5.74, 6) is -0.131. The maximum Gasteiger partial charge on any atom is 0.263 e. The average molecular weight is 610 g/mol. The summed E-state index contributed by atoms with van der Waals surface area (Å²) in [6, 6.07) is 15.3. The van der Waals surface area contributed by atoms with E-state index >= 15 is 0 Å². The molecular weight excluding hydrogens is 574 g/mol. The Hall–Kier alpha value is -4.13. The quantitative estimate of drug-likeness (QED) is 0.223. The largest absolute Gasteiger partial charge is 0.493 e. The van der Waals surface area contributed by atoms with E-state index in [0.29, 0.717) is 23.7 Å². The van der Waals surface area contributed by atoms with E-state index in [0.717, 1.165) is 5.56 Å². The Bertz CT molecular complexity index is 1660. The Morgan fingerprint density at radius 2 is 1.74 bits per heavy atom. The SMILES string of the molecule is COc1ccccc1Oc1c(NS(=O)(=O)c2ccc(C(C)(C)C)cc2)nc(-c2ccoc2)nc1OCC1COC(C)(C)O1. The molecule has 0 radical (unpaired) electrons. The summed E-state index contributed by atoms with van der Waals surface area (Å²) in [6.45, 7) is 10.1. The fourth-order valence-corrected chi connectivity index (χ4v) is 5.37. The molecule has 0 aliphatic carbocycles. The number of hydrogen-bond donors (Lipinski definition) is 1. The number of nitrogens with zero attached hydrogens (tertiary/aromatic N) is 2. The minimum absolute atomic E-state index is 0.0220. The van der Waals surface area contributed by atoms with Crippen molar-refractivity contribution in [1.29, 1.82) is 0 Å². The van der Waals surface area contributed by atoms with Crippen LogP contribution in [0.5, 0.6) is 23.1 Å². The van der Waals surface area contributed by atoms with E-state index in [1.807, 2.05) is 13.8 Å². The fraction of sp³-hybridized carbons (Fsp3) is 0.355. The van der Waals surface area contributed by atoms with Crippen molar-refractivity contribution in [3.63, 3.8) is 0 Å². The van der Waals surface area contributed by atoms with Crippen LogP contribution in [0.15, 0.2) is 76.4 Å². The van der Waals surface area contributed by atoms with Crippen molar-refractivity contribution in [2.45, 2.75) is 56.8 Å². The molecule has 1 aliphatic rings. The van der Waals surface area contributed by atoms with E-state index in [1.165, 1.54) is 19.6 Å². The van der Waals surface area contributed by atoms with Crippen LogP contribution in [0.4, 0.5) is 5.82 Å². The van der Waals surface area contributed by atoms with Crippen LogP contribution in [0.3, 0.4) is 0 Å². The normalized spacial score (nSPS) is 16.6. The Morgan fingerprint density at radius 1 is 1.02 bits per heavy atom. The van der Waals surface area contributed by atoms with Crippen molar-refractivity contribution in [3.05, 3.63) is 72.7 Å². The van der Waals surface area contributed by atoms with Gasteiger partial charge in [-0.15, -0.1) is 0 Å². The first kappa shape index (κ1) is 30.3. The molecule has 1 atom stereocenters. The predicted octanol–water partition coefficient (Wildman–Crippen LogP) is 6.17. The number of hydrogen-bond acceptors (Lipinski definition) is 10. The van der Waals surface area contributed by atoms with Gasteiger partial charge in [-0.25, -0.2) is 13.4 Å². The Labute approximate surface area is 251 Å². The van der Waals surface area contributed by atoms with Crippen molar-refractivity contribution in [3.8, 4) is 34.5 Å². The number of ether oxygens (including phenoxy) is 5. The number of methoxy groups -OCH3 is 1. The molecule has 1 saturated heterocycles. The molecule has 0 amide bonds. The standard InChI is InChI=1S/C31H35N3O8S/c1-30(2,3)21-11-13-23(14-12-21)43(35,36)34-28-26(41-25-10-8-7-9-24(25)37-6)29(33-27(32-28)20-15-16-38-17-20)39-18-22-19-40-31(4,5)42-22/h7-17,22H,18-19H2,1-6H3,(H,32,33,34). The molecule has 0 saturated carbocycles. The molecule has 0 spiro atoms. The van der Waals surface area contributed by atoms with Crippen LogP contribution in [0, 0.1) is 0 Å². The van der Waals surface area contributed by atoms with Crippen LogP contribution in [0.2, 0.25) is 0 Å². The molecule has 1 aliphatic heterocycles. The van der Waals surface area contributed by atoms with Gasteiger partial charge in [-0.05, 0) is 55.2 Å². The highest BCUT2D eigenvalue weighted by atomic mass is 32.2. The number of aromatic nitrogens is 2. The van der Waals surface area contributed by atoms with Gasteiger partial charge in [0.2, 0.25) is 5.75 Å². The molecule has 3 heterocycles. The molecule has 12 heteroatoms. The van der Waals surface area contributed by atoms with E-state index in [2.05, 4.69) is 35.5 Å². The number of rotatable bonds is 10. The zero-order valence-corrected chi connectivity index (χ0v) is 25.7. The zero-order valence-electron chi connectivity index (χ0n) is 24.9. The summed E-state index contributed by atoms with van der Waals surface area (Å²) >= 11 is 0. The van der Waals surface area contributed by atoms with Gasteiger partial charge < -0.3 is 28.1 Å². The molecule has 2 aromatic heterocycles. The van der Waals surface area contributed by atoms with Crippen LogP contribution in [0.1, 0.15) is 40.2 Å². The lowest BCUT2D eigenvalue weighted by Crippen LogP contribution is -2.25. The number of nitrogens with one attached hydrogen (secondary N) is 1. The second-order valence-corrected chi connectivity index (χ2v) is 13.1. The highest BCUT2D eigenvalue weighted by molar-refractivity contribution is 7.92. The van der Waals surface area contributed by atoms with Crippen molar-refractivity contribution in [1.82, 2.24) is 9.97 Å². The minimum atomic E-state index is -4.13. The van der Waals surface area contributed by atoms with Gasteiger partial charge in [-0.2, -0.15) is 4.98 Å². The number of benzene rings is 2. The Morgan fingerprint density at radius 3 is 2.35 bits per heavy atom. The molecule has 1 N–H and O–H groups in total. The van der Waals surface area contributed by atoms with Crippen molar-refractivity contribution in [2.24, 2.45) is 0 Å². The number of sulfonamides is 1. The van der Waals surface area contributed by atoms with Crippen molar-refractivity contribution < 1.29 is 36.5 Å². The first-order valence-electron chi connectivity index (χ1n) is 13.7. The van der Waals surface area contributed by atoms with Crippen LogP contribution in [0.25, 0.3) is 11.4 Å². The lowest BCUT2D eigenvalue weighted by atomic mass is 9.87. The minimum Gasteiger partial charge on any atom is -0.493 e. The summed E-state index contributed by atoms with van der Waals surface area (Å²) in [4.78, 5) is 9.16. The number of furan rings is 1. The molecule has 1 fully saturated rings. The monoisotopic (exact) mass is 609 g/mol. The lowest BCUT2D eigenvalue weighted by molar-refractivity contribution is -0.141. The molecular formula is C31H35N3O8S. The molecule has 4 aromatic rings. The molecule has 228 valence electrons. The smallest absolute Gasteiger partial charge is 0.263 e. The third-order valence-electron chi connectivity index (χ3n) is 6.63. The topological polar surface area (TPSA) is 131 Å². The lowest BCUT2D eigenvalue weighted by Gasteiger charge is -2.20. The Balaban J connectivity index is 1.59. The molecule has 43 heavy (non-hydrogen) atoms. The van der Waals surface area contributed by atoms with Gasteiger partial charge in [0.25, 0.3) is 15.9 Å². The van der Waals surface area contributed by atoms with E-state index < -0.39 is 21.9 Å². The second kappa shape index (κ2) is 11.9. The van der Waals surface area contributed by atoms with Crippen LogP contribution in [-0.2, 0) is 24.9 Å². The maximum absolute atomic E-state index is 13.7. The highest BCUT2D eigenvalue weighted by Crippen LogP contribution is 2.42. The number of anilines is 1. The van der Waals surface area contributed by atoms with E-state index in [9.17, 15) is 8.42 Å². The third kappa shape index (κ3) is 7.10. The van der Waals surface area contributed by atoms with E-state index in [-0.39, 0.29) is 40.2 Å². The number of para-hydroxylation sites is 2. The van der Waals surface area contributed by atoms with Crippen LogP contribution >= 0.6 is 0 Å². The zero-order chi connectivity index (χ0) is 30.8. The van der Waals surface area contributed by atoms with Gasteiger partial charge in [-0.3, -0.25) is 4.72 Å². The van der Waals surface area contributed by atoms with E-state index in [1.54, 1.807) is 54.6 Å². The Kier molecular flexibility index (Phi) is 8.37. The van der Waals surface area contributed by atoms with Crippen LogP contribution in [-0.4, -0.2) is 50.6 Å².